The van der Waals surface area contributed by atoms with E-state index in [1.165, 1.54) is 6.92 Å². The van der Waals surface area contributed by atoms with Gasteiger partial charge in [0.2, 0.25) is 0 Å². The molecule has 0 aliphatic carbocycles. The third kappa shape index (κ3) is 4.97. The van der Waals surface area contributed by atoms with Crippen LogP contribution in [-0.2, 0) is 9.53 Å². The van der Waals surface area contributed by atoms with Crippen LogP contribution in [0.2, 0.25) is 0 Å². The predicted molar refractivity (Wildman–Crippen MR) is 25.6 cm³/mol. The van der Waals surface area contributed by atoms with Gasteiger partial charge in [0.05, 0.1) is 0 Å². The van der Waals surface area contributed by atoms with Crippen molar-refractivity contribution in [1.82, 2.24) is 0 Å². The number of hydrogen-bond acceptors (Lipinski definition) is 2. The first-order chi connectivity index (χ1) is 4.45. The molecule has 0 aliphatic rings. The Morgan fingerprint density at radius 3 is 2.30 bits per heavy atom. The largest absolute Gasteiger partial charge is 0.575 e. The standard InChI is InChI=1S/C5H3F3O2/c1-2-3-4(9)10-5(6,7)8/h1H3. The van der Waals surface area contributed by atoms with Crippen molar-refractivity contribution in [1.29, 1.82) is 0 Å². The van der Waals surface area contributed by atoms with E-state index in [-0.39, 0.29) is 0 Å². The van der Waals surface area contributed by atoms with Crippen molar-refractivity contribution in [3.05, 3.63) is 0 Å². The monoisotopic (exact) mass is 152 g/mol. The molecule has 0 aromatic rings. The van der Waals surface area contributed by atoms with Gasteiger partial charge in [-0.15, -0.1) is 13.2 Å². The number of rotatable bonds is 0. The highest BCUT2D eigenvalue weighted by Gasteiger charge is 2.33. The van der Waals surface area contributed by atoms with Gasteiger partial charge in [-0.25, -0.2) is 4.79 Å². The van der Waals surface area contributed by atoms with E-state index in [9.17, 15) is 18.0 Å². The molecule has 5 heteroatoms. The molecule has 0 heterocycles. The fraction of sp³-hybridized carbons (Fsp3) is 0.400. The molecular weight excluding hydrogens is 149 g/mol. The Morgan fingerprint density at radius 1 is 1.50 bits per heavy atom. The lowest BCUT2D eigenvalue weighted by Gasteiger charge is -2.01. The molecule has 0 saturated carbocycles. The fourth-order valence-corrected chi connectivity index (χ4v) is 0.233. The molecule has 0 N–H and O–H groups in total. The highest BCUT2D eigenvalue weighted by atomic mass is 19.4. The molecule has 0 atom stereocenters. The second-order valence-corrected chi connectivity index (χ2v) is 1.21. The van der Waals surface area contributed by atoms with Crippen molar-refractivity contribution in [3.63, 3.8) is 0 Å². The van der Waals surface area contributed by atoms with Crippen LogP contribution in [0.1, 0.15) is 6.92 Å². The lowest BCUT2D eigenvalue weighted by molar-refractivity contribution is -0.302. The molecule has 0 amide bonds. The number of hydrogen-bond donors (Lipinski definition) is 0. The smallest absolute Gasteiger partial charge is 0.363 e. The molecule has 0 rings (SSSR count). The fourth-order valence-electron chi connectivity index (χ4n) is 0.233. The predicted octanol–water partition coefficient (Wildman–Crippen LogP) is 1.07. The maximum atomic E-state index is 11.1. The summed E-state index contributed by atoms with van der Waals surface area (Å²) < 4.78 is 36.2. The number of halogens is 3. The third-order valence-corrected chi connectivity index (χ3v) is 0.435. The van der Waals surface area contributed by atoms with E-state index in [0.717, 1.165) is 0 Å². The van der Waals surface area contributed by atoms with Crippen LogP contribution >= 0.6 is 0 Å². The van der Waals surface area contributed by atoms with E-state index >= 15 is 0 Å². The van der Waals surface area contributed by atoms with Crippen LogP contribution in [0.15, 0.2) is 0 Å². The lowest BCUT2D eigenvalue weighted by Crippen LogP contribution is -2.17. The Labute approximate surface area is 55.0 Å². The molecule has 0 radical (unpaired) electrons. The topological polar surface area (TPSA) is 26.3 Å². The lowest BCUT2D eigenvalue weighted by atomic mass is 10.6. The third-order valence-electron chi connectivity index (χ3n) is 0.435. The summed E-state index contributed by atoms with van der Waals surface area (Å²) in [6.07, 6.45) is -4.93. The van der Waals surface area contributed by atoms with E-state index in [1.807, 2.05) is 5.92 Å². The molecule has 0 bridgehead atoms. The molecule has 0 saturated heterocycles. The van der Waals surface area contributed by atoms with Gasteiger partial charge in [-0.1, -0.05) is 5.92 Å². The van der Waals surface area contributed by atoms with Crippen molar-refractivity contribution >= 4 is 5.97 Å². The van der Waals surface area contributed by atoms with Crippen LogP contribution < -0.4 is 0 Å². The van der Waals surface area contributed by atoms with E-state index in [0.29, 0.717) is 0 Å². The van der Waals surface area contributed by atoms with Crippen molar-refractivity contribution < 1.29 is 22.7 Å². The van der Waals surface area contributed by atoms with Crippen LogP contribution in [0.5, 0.6) is 0 Å². The Bertz CT molecular complexity index is 183. The Balaban J connectivity index is 3.89. The minimum Gasteiger partial charge on any atom is -0.363 e. The highest BCUT2D eigenvalue weighted by molar-refractivity contribution is 5.88. The van der Waals surface area contributed by atoms with Gasteiger partial charge in [-0.2, -0.15) is 0 Å². The highest BCUT2D eigenvalue weighted by Crippen LogP contribution is 2.15. The quantitative estimate of drug-likeness (QED) is 0.295. The summed E-state index contributed by atoms with van der Waals surface area (Å²) in [5, 5.41) is 0. The molecule has 0 aromatic heterocycles. The zero-order chi connectivity index (χ0) is 8.20. The second kappa shape index (κ2) is 3.11. The SMILES string of the molecule is CC#CC(=O)OC(F)(F)F. The average molecular weight is 152 g/mol. The number of carbonyl (C=O) groups excluding carboxylic acids is 1. The van der Waals surface area contributed by atoms with Gasteiger partial charge >= 0.3 is 12.3 Å². The van der Waals surface area contributed by atoms with Crippen molar-refractivity contribution in [2.75, 3.05) is 0 Å². The summed E-state index contributed by atoms with van der Waals surface area (Å²) >= 11 is 0. The normalized spacial score (nSPS) is 9.60. The van der Waals surface area contributed by atoms with Crippen LogP contribution in [0.3, 0.4) is 0 Å². The molecule has 0 fully saturated rings. The number of alkyl halides is 3. The van der Waals surface area contributed by atoms with Gasteiger partial charge in [-0.05, 0) is 6.92 Å². The van der Waals surface area contributed by atoms with E-state index in [2.05, 4.69) is 4.74 Å². The zero-order valence-corrected chi connectivity index (χ0v) is 4.95. The van der Waals surface area contributed by atoms with Crippen LogP contribution in [0.25, 0.3) is 0 Å². The first-order valence-corrected chi connectivity index (χ1v) is 2.18. The van der Waals surface area contributed by atoms with Crippen LogP contribution in [0.4, 0.5) is 13.2 Å². The number of carbonyl (C=O) groups is 1. The van der Waals surface area contributed by atoms with Gasteiger partial charge in [-0.3, -0.25) is 0 Å². The second-order valence-electron chi connectivity index (χ2n) is 1.21. The molecule has 0 spiro atoms. The van der Waals surface area contributed by atoms with Gasteiger partial charge in [0.25, 0.3) is 0 Å². The number of ether oxygens (including phenoxy) is 1. The maximum Gasteiger partial charge on any atom is 0.575 e. The van der Waals surface area contributed by atoms with Gasteiger partial charge in [0.15, 0.2) is 0 Å². The Hall–Kier alpha value is -1.18. The van der Waals surface area contributed by atoms with Crippen molar-refractivity contribution in [2.45, 2.75) is 13.3 Å². The summed E-state index contributed by atoms with van der Waals surface area (Å²) in [5.41, 5.74) is 0. The van der Waals surface area contributed by atoms with Gasteiger partial charge in [0.1, 0.15) is 0 Å². The van der Waals surface area contributed by atoms with Gasteiger partial charge < -0.3 is 4.74 Å². The molecule has 0 aromatic carbocycles. The molecule has 0 aliphatic heterocycles. The summed E-state index contributed by atoms with van der Waals surface area (Å²) in [4.78, 5) is 9.94. The summed E-state index contributed by atoms with van der Waals surface area (Å²) in [6.45, 7) is 1.23. The molecule has 2 nitrogen and oxygen atoms in total. The summed E-state index contributed by atoms with van der Waals surface area (Å²) in [6, 6.07) is 0. The molecule has 56 valence electrons. The van der Waals surface area contributed by atoms with E-state index < -0.39 is 12.3 Å². The average Bonchev–Trinajstić information content (AvgIpc) is 1.59. The summed E-state index contributed by atoms with van der Waals surface area (Å²) in [7, 11) is 0. The van der Waals surface area contributed by atoms with Gasteiger partial charge in [0, 0.05) is 5.92 Å². The van der Waals surface area contributed by atoms with E-state index in [4.69, 9.17) is 0 Å². The Morgan fingerprint density at radius 2 is 2.00 bits per heavy atom. The van der Waals surface area contributed by atoms with Crippen molar-refractivity contribution in [2.24, 2.45) is 0 Å². The zero-order valence-electron chi connectivity index (χ0n) is 4.95. The van der Waals surface area contributed by atoms with Crippen LogP contribution in [-0.4, -0.2) is 12.3 Å². The summed E-state index contributed by atoms with van der Waals surface area (Å²) in [5.74, 6) is 1.95. The minimum atomic E-state index is -4.93. The maximum absolute atomic E-state index is 11.1. The minimum absolute atomic E-state index is 1.23. The first-order valence-electron chi connectivity index (χ1n) is 2.18. The van der Waals surface area contributed by atoms with E-state index in [1.54, 1.807) is 5.92 Å². The first kappa shape index (κ1) is 8.82. The molecule has 0 unspecified atom stereocenters. The molecular formula is C5H3F3O2. The number of esters is 1. The Kier molecular flexibility index (Phi) is 2.74. The molecule has 10 heavy (non-hydrogen) atoms. The van der Waals surface area contributed by atoms with Crippen LogP contribution in [0, 0.1) is 11.8 Å². The van der Waals surface area contributed by atoms with Crippen molar-refractivity contribution in [3.8, 4) is 11.8 Å².